The van der Waals surface area contributed by atoms with E-state index in [9.17, 15) is 4.79 Å². The van der Waals surface area contributed by atoms with Gasteiger partial charge in [0.15, 0.2) is 0 Å². The van der Waals surface area contributed by atoms with Crippen molar-refractivity contribution in [3.8, 4) is 11.1 Å². The number of rotatable bonds is 4. The molecular weight excluding hydrogens is 324 g/mol. The molecule has 3 aromatic rings. The summed E-state index contributed by atoms with van der Waals surface area (Å²) in [7, 11) is 0. The van der Waals surface area contributed by atoms with Crippen LogP contribution >= 0.6 is 0 Å². The Morgan fingerprint density at radius 1 is 1.08 bits per heavy atom. The number of ether oxygens (including phenoxy) is 1. The molecule has 26 heavy (non-hydrogen) atoms. The van der Waals surface area contributed by atoms with E-state index >= 15 is 0 Å². The van der Waals surface area contributed by atoms with Crippen LogP contribution in [0.3, 0.4) is 0 Å². The summed E-state index contributed by atoms with van der Waals surface area (Å²) in [5.74, 6) is 0. The lowest BCUT2D eigenvalue weighted by atomic mass is 9.85. The predicted molar refractivity (Wildman–Crippen MR) is 107 cm³/mol. The summed E-state index contributed by atoms with van der Waals surface area (Å²) in [6.07, 6.45) is -0.339. The Hall–Kier alpha value is -2.39. The molecule has 3 heteroatoms. The monoisotopic (exact) mass is 350 g/mol. The maximum Gasteiger partial charge on any atom is 0.342 e. The molecule has 0 N–H and O–H groups in total. The molecule has 0 aliphatic rings. The van der Waals surface area contributed by atoms with Crippen LogP contribution in [0.2, 0.25) is 0 Å². The lowest BCUT2D eigenvalue weighted by Gasteiger charge is -2.21. The van der Waals surface area contributed by atoms with Gasteiger partial charge in [-0.2, -0.15) is 0 Å². The molecular formula is C23H26O3. The Balaban J connectivity index is 2.41. The fourth-order valence-electron chi connectivity index (χ4n) is 3.30. The van der Waals surface area contributed by atoms with Gasteiger partial charge in [0, 0.05) is 17.6 Å². The second-order valence-corrected chi connectivity index (χ2v) is 7.60. The van der Waals surface area contributed by atoms with Crippen molar-refractivity contribution in [1.29, 1.82) is 0 Å². The van der Waals surface area contributed by atoms with Gasteiger partial charge in [-0.1, -0.05) is 57.2 Å². The largest absolute Gasteiger partial charge is 0.422 e. The van der Waals surface area contributed by atoms with Crippen LogP contribution in [-0.2, 0) is 10.2 Å². The first-order chi connectivity index (χ1) is 12.3. The van der Waals surface area contributed by atoms with E-state index in [-0.39, 0.29) is 17.1 Å². The average Bonchev–Trinajstić information content (AvgIpc) is 2.60. The fraction of sp³-hybridized carbons (Fsp3) is 0.348. The standard InChI is InChI=1S/C23H26O3/c1-6-25-15(2)20-21(16-10-8-7-9-11-16)18-14-17(23(3,4)5)12-13-19(18)26-22(20)24/h7-15H,6H2,1-5H3. The van der Waals surface area contributed by atoms with Crippen LogP contribution in [0.1, 0.15) is 51.8 Å². The third-order valence-electron chi connectivity index (χ3n) is 4.69. The molecule has 0 spiro atoms. The average molecular weight is 350 g/mol. The Kier molecular flexibility index (Phi) is 5.01. The highest BCUT2D eigenvalue weighted by Gasteiger charge is 2.23. The highest BCUT2D eigenvalue weighted by atomic mass is 16.5. The number of hydrogen-bond donors (Lipinski definition) is 0. The Labute approximate surface area is 154 Å². The molecule has 1 heterocycles. The van der Waals surface area contributed by atoms with Gasteiger partial charge in [0.25, 0.3) is 0 Å². The van der Waals surface area contributed by atoms with Gasteiger partial charge < -0.3 is 9.15 Å². The molecule has 1 unspecified atom stereocenters. The molecule has 0 radical (unpaired) electrons. The maximum atomic E-state index is 12.8. The van der Waals surface area contributed by atoms with Gasteiger partial charge in [-0.25, -0.2) is 4.79 Å². The topological polar surface area (TPSA) is 39.4 Å². The molecule has 0 saturated heterocycles. The second-order valence-electron chi connectivity index (χ2n) is 7.60. The zero-order valence-corrected chi connectivity index (χ0v) is 16.1. The third kappa shape index (κ3) is 3.45. The van der Waals surface area contributed by atoms with Crippen molar-refractivity contribution in [2.24, 2.45) is 0 Å². The van der Waals surface area contributed by atoms with Crippen molar-refractivity contribution in [2.45, 2.75) is 46.1 Å². The first kappa shape index (κ1) is 18.4. The van der Waals surface area contributed by atoms with Gasteiger partial charge in [0.05, 0.1) is 11.7 Å². The van der Waals surface area contributed by atoms with Crippen molar-refractivity contribution in [1.82, 2.24) is 0 Å². The number of hydrogen-bond acceptors (Lipinski definition) is 3. The first-order valence-electron chi connectivity index (χ1n) is 9.11. The molecule has 3 nitrogen and oxygen atoms in total. The molecule has 0 amide bonds. The minimum Gasteiger partial charge on any atom is -0.422 e. The van der Waals surface area contributed by atoms with E-state index in [0.29, 0.717) is 17.8 Å². The highest BCUT2D eigenvalue weighted by molar-refractivity contribution is 5.95. The summed E-state index contributed by atoms with van der Waals surface area (Å²) in [6, 6.07) is 16.1. The zero-order valence-electron chi connectivity index (χ0n) is 16.1. The Morgan fingerprint density at radius 2 is 1.77 bits per heavy atom. The van der Waals surface area contributed by atoms with E-state index in [1.807, 2.05) is 56.3 Å². The van der Waals surface area contributed by atoms with Crippen LogP contribution in [0.25, 0.3) is 22.1 Å². The lowest BCUT2D eigenvalue weighted by Crippen LogP contribution is -2.16. The Bertz CT molecular complexity index is 962. The van der Waals surface area contributed by atoms with E-state index in [2.05, 4.69) is 26.8 Å². The van der Waals surface area contributed by atoms with E-state index in [0.717, 1.165) is 16.5 Å². The summed E-state index contributed by atoms with van der Waals surface area (Å²) in [6.45, 7) is 10.9. The molecule has 1 atom stereocenters. The summed E-state index contributed by atoms with van der Waals surface area (Å²) >= 11 is 0. The minimum absolute atomic E-state index is 0.00395. The van der Waals surface area contributed by atoms with Crippen LogP contribution in [0.5, 0.6) is 0 Å². The molecule has 1 aromatic heterocycles. The molecule has 0 fully saturated rings. The van der Waals surface area contributed by atoms with E-state index in [4.69, 9.17) is 9.15 Å². The number of fused-ring (bicyclic) bond motifs is 1. The molecule has 2 aromatic carbocycles. The second kappa shape index (κ2) is 7.08. The van der Waals surface area contributed by atoms with E-state index in [1.165, 1.54) is 5.56 Å². The smallest absolute Gasteiger partial charge is 0.342 e. The normalized spacial score (nSPS) is 13.1. The maximum absolute atomic E-state index is 12.8. The van der Waals surface area contributed by atoms with E-state index in [1.54, 1.807) is 0 Å². The van der Waals surface area contributed by atoms with Crippen LogP contribution < -0.4 is 5.63 Å². The van der Waals surface area contributed by atoms with Crippen molar-refractivity contribution in [2.75, 3.05) is 6.61 Å². The molecule has 136 valence electrons. The fourth-order valence-corrected chi connectivity index (χ4v) is 3.30. The van der Waals surface area contributed by atoms with Crippen LogP contribution in [0.4, 0.5) is 0 Å². The minimum atomic E-state index is -0.339. The van der Waals surface area contributed by atoms with Gasteiger partial charge >= 0.3 is 5.63 Å². The Morgan fingerprint density at radius 3 is 2.38 bits per heavy atom. The summed E-state index contributed by atoms with van der Waals surface area (Å²) in [4.78, 5) is 12.8. The SMILES string of the molecule is CCOC(C)c1c(-c2ccccc2)c2cc(C(C)(C)C)ccc2oc1=O. The predicted octanol–water partition coefficient (Wildman–Crippen LogP) is 5.86. The molecule has 0 aliphatic carbocycles. The summed E-state index contributed by atoms with van der Waals surface area (Å²) in [5.41, 5.74) is 3.96. The van der Waals surface area contributed by atoms with Crippen LogP contribution in [-0.4, -0.2) is 6.61 Å². The molecule has 3 rings (SSSR count). The molecule has 0 bridgehead atoms. The van der Waals surface area contributed by atoms with Gasteiger partial charge in [0.2, 0.25) is 0 Å². The number of benzene rings is 2. The van der Waals surface area contributed by atoms with Crippen LogP contribution in [0.15, 0.2) is 57.7 Å². The van der Waals surface area contributed by atoms with E-state index < -0.39 is 0 Å². The third-order valence-corrected chi connectivity index (χ3v) is 4.69. The van der Waals surface area contributed by atoms with Gasteiger partial charge in [-0.15, -0.1) is 0 Å². The van der Waals surface area contributed by atoms with Crippen molar-refractivity contribution < 1.29 is 9.15 Å². The van der Waals surface area contributed by atoms with Crippen molar-refractivity contribution in [3.63, 3.8) is 0 Å². The van der Waals surface area contributed by atoms with Crippen LogP contribution in [0, 0.1) is 0 Å². The summed E-state index contributed by atoms with van der Waals surface area (Å²) in [5, 5.41) is 0.949. The highest BCUT2D eigenvalue weighted by Crippen LogP contribution is 2.36. The zero-order chi connectivity index (χ0) is 18.9. The first-order valence-corrected chi connectivity index (χ1v) is 9.11. The van der Waals surface area contributed by atoms with Gasteiger partial charge in [0.1, 0.15) is 5.58 Å². The van der Waals surface area contributed by atoms with Crippen molar-refractivity contribution >= 4 is 11.0 Å². The molecule has 0 aliphatic heterocycles. The summed E-state index contributed by atoms with van der Waals surface area (Å²) < 4.78 is 11.4. The van der Waals surface area contributed by atoms with Gasteiger partial charge in [-0.3, -0.25) is 0 Å². The quantitative estimate of drug-likeness (QED) is 0.554. The lowest BCUT2D eigenvalue weighted by molar-refractivity contribution is 0.0745. The molecule has 0 saturated carbocycles. The van der Waals surface area contributed by atoms with Crippen molar-refractivity contribution in [3.05, 3.63) is 70.1 Å². The van der Waals surface area contributed by atoms with Gasteiger partial charge in [-0.05, 0) is 42.5 Å².